The number of hydrogen-bond acceptors (Lipinski definition) is 5. The molecule has 2 heterocycles. The second kappa shape index (κ2) is 5.22. The van der Waals surface area contributed by atoms with Crippen molar-refractivity contribution >= 4 is 15.7 Å². The highest BCUT2D eigenvalue weighted by Gasteiger charge is 2.24. The predicted octanol–water partition coefficient (Wildman–Crippen LogP) is 0.858. The van der Waals surface area contributed by atoms with Gasteiger partial charge in [-0.1, -0.05) is 0 Å². The molecular weight excluding hydrogens is 278 g/mol. The summed E-state index contributed by atoms with van der Waals surface area (Å²) in [7, 11) is -3.68. The van der Waals surface area contributed by atoms with Gasteiger partial charge in [-0.25, -0.2) is 0 Å². The first-order chi connectivity index (χ1) is 9.65. The van der Waals surface area contributed by atoms with Crippen LogP contribution in [0.1, 0.15) is 18.4 Å². The van der Waals surface area contributed by atoms with Crippen LogP contribution in [-0.2, 0) is 16.6 Å². The highest BCUT2D eigenvalue weighted by Crippen LogP contribution is 2.21. The smallest absolute Gasteiger partial charge is 0.279 e. The summed E-state index contributed by atoms with van der Waals surface area (Å²) in [6.45, 7) is 0.491. The molecule has 0 atom stereocenters. The van der Waals surface area contributed by atoms with Crippen molar-refractivity contribution in [2.75, 3.05) is 4.72 Å². The van der Waals surface area contributed by atoms with Gasteiger partial charge in [-0.05, 0) is 25.0 Å². The molecule has 2 aromatic heterocycles. The zero-order chi connectivity index (χ0) is 14.0. The molecule has 0 saturated heterocycles. The predicted molar refractivity (Wildman–Crippen MR) is 73.5 cm³/mol. The van der Waals surface area contributed by atoms with E-state index >= 15 is 0 Å². The monoisotopic (exact) mass is 293 g/mol. The summed E-state index contributed by atoms with van der Waals surface area (Å²) >= 11 is 0. The first kappa shape index (κ1) is 13.1. The first-order valence-corrected chi connectivity index (χ1v) is 7.82. The molecule has 0 unspecified atom stereocenters. The maximum absolute atomic E-state index is 12.3. The Morgan fingerprint density at radius 2 is 2.20 bits per heavy atom. The van der Waals surface area contributed by atoms with Gasteiger partial charge in [0, 0.05) is 24.3 Å². The van der Waals surface area contributed by atoms with E-state index in [1.807, 2.05) is 0 Å². The number of nitrogens with zero attached hydrogens (tertiary/aromatic N) is 2. The summed E-state index contributed by atoms with van der Waals surface area (Å²) < 4.78 is 27.1. The van der Waals surface area contributed by atoms with E-state index in [0.717, 1.165) is 12.8 Å². The quantitative estimate of drug-likeness (QED) is 0.733. The molecule has 2 aromatic rings. The summed E-state index contributed by atoms with van der Waals surface area (Å²) in [6.07, 6.45) is 6.87. The number of aromatic amines is 1. The molecule has 0 spiro atoms. The van der Waals surface area contributed by atoms with Crippen molar-refractivity contribution in [3.63, 3.8) is 0 Å². The van der Waals surface area contributed by atoms with Crippen LogP contribution in [0.2, 0.25) is 0 Å². The molecule has 0 amide bonds. The number of H-pyrrole nitrogens is 1. The Morgan fingerprint density at radius 1 is 1.35 bits per heavy atom. The van der Waals surface area contributed by atoms with Crippen molar-refractivity contribution in [1.29, 1.82) is 0 Å². The minimum absolute atomic E-state index is 0.0921. The Hall–Kier alpha value is -1.93. The maximum Gasteiger partial charge on any atom is 0.279 e. The van der Waals surface area contributed by atoms with E-state index in [1.54, 1.807) is 18.3 Å². The average Bonchev–Trinajstić information content (AvgIpc) is 3.13. The second-order valence-corrected chi connectivity index (χ2v) is 6.35. The lowest BCUT2D eigenvalue weighted by molar-refractivity contribution is 0.593. The van der Waals surface area contributed by atoms with E-state index in [1.165, 1.54) is 12.4 Å². The van der Waals surface area contributed by atoms with Gasteiger partial charge >= 0.3 is 0 Å². The van der Waals surface area contributed by atoms with Crippen molar-refractivity contribution in [2.24, 2.45) is 0 Å². The van der Waals surface area contributed by atoms with Gasteiger partial charge in [-0.3, -0.25) is 14.8 Å². The van der Waals surface area contributed by atoms with Crippen molar-refractivity contribution in [1.82, 2.24) is 20.5 Å². The molecular formula is C12H15N5O2S. The third-order valence-corrected chi connectivity index (χ3v) is 4.41. The molecule has 0 bridgehead atoms. The van der Waals surface area contributed by atoms with Crippen LogP contribution in [-0.4, -0.2) is 29.6 Å². The number of aromatic nitrogens is 3. The second-order valence-electron chi connectivity index (χ2n) is 4.73. The molecule has 0 radical (unpaired) electrons. The number of sulfonamides is 1. The Morgan fingerprint density at radius 3 is 2.90 bits per heavy atom. The Kier molecular flexibility index (Phi) is 3.41. The van der Waals surface area contributed by atoms with Crippen LogP contribution in [0.5, 0.6) is 0 Å². The van der Waals surface area contributed by atoms with E-state index in [9.17, 15) is 8.42 Å². The Balaban J connectivity index is 1.78. The molecule has 8 heteroatoms. The third kappa shape index (κ3) is 2.97. The zero-order valence-corrected chi connectivity index (χ0v) is 11.5. The van der Waals surface area contributed by atoms with Gasteiger partial charge in [0.25, 0.3) is 10.0 Å². The lowest BCUT2D eigenvalue weighted by atomic mass is 10.3. The molecule has 3 N–H and O–H groups in total. The van der Waals surface area contributed by atoms with E-state index < -0.39 is 10.0 Å². The maximum atomic E-state index is 12.3. The van der Waals surface area contributed by atoms with Gasteiger partial charge < -0.3 is 5.32 Å². The summed E-state index contributed by atoms with van der Waals surface area (Å²) in [5, 5.41) is 9.74. The molecule has 106 valence electrons. The summed E-state index contributed by atoms with van der Waals surface area (Å²) in [5.74, 6) is 0. The lowest BCUT2D eigenvalue weighted by Crippen LogP contribution is -2.19. The van der Waals surface area contributed by atoms with Gasteiger partial charge in [-0.2, -0.15) is 13.5 Å². The third-order valence-electron chi connectivity index (χ3n) is 3.02. The normalized spacial score (nSPS) is 15.2. The summed E-state index contributed by atoms with van der Waals surface area (Å²) in [4.78, 5) is 3.88. The highest BCUT2D eigenvalue weighted by molar-refractivity contribution is 7.92. The molecule has 7 nitrogen and oxygen atoms in total. The van der Waals surface area contributed by atoms with E-state index in [0.29, 0.717) is 23.8 Å². The van der Waals surface area contributed by atoms with Gasteiger partial charge in [0.15, 0.2) is 5.03 Å². The summed E-state index contributed by atoms with van der Waals surface area (Å²) in [6, 6.07) is 3.82. The molecule has 20 heavy (non-hydrogen) atoms. The van der Waals surface area contributed by atoms with Crippen LogP contribution in [0.4, 0.5) is 5.69 Å². The van der Waals surface area contributed by atoms with Crippen LogP contribution in [0, 0.1) is 0 Å². The number of pyridine rings is 1. The fourth-order valence-electron chi connectivity index (χ4n) is 1.83. The number of anilines is 1. The standard InChI is InChI=1S/C12H15N5O2S/c18-20(19,17-11-2-1-5-13-8-11)12-9(7-15-16-12)6-14-10-3-4-10/h1-2,5,7-8,10,14,17H,3-4,6H2,(H,15,16). The van der Waals surface area contributed by atoms with Crippen molar-refractivity contribution in [2.45, 2.75) is 30.5 Å². The van der Waals surface area contributed by atoms with Gasteiger partial charge in [0.1, 0.15) is 0 Å². The minimum atomic E-state index is -3.68. The largest absolute Gasteiger partial charge is 0.310 e. The molecule has 3 rings (SSSR count). The fraction of sp³-hybridized carbons (Fsp3) is 0.333. The molecule has 1 aliphatic rings. The first-order valence-electron chi connectivity index (χ1n) is 6.33. The minimum Gasteiger partial charge on any atom is -0.310 e. The molecule has 1 aliphatic carbocycles. The number of hydrogen-bond donors (Lipinski definition) is 3. The highest BCUT2D eigenvalue weighted by atomic mass is 32.2. The van der Waals surface area contributed by atoms with Crippen molar-refractivity contribution in [3.8, 4) is 0 Å². The SMILES string of the molecule is O=S(=O)(Nc1cccnc1)c1[nH]ncc1CNC1CC1. The molecule has 0 aromatic carbocycles. The molecule has 1 saturated carbocycles. The van der Waals surface area contributed by atoms with Crippen molar-refractivity contribution < 1.29 is 8.42 Å². The fourth-order valence-corrected chi connectivity index (χ4v) is 3.00. The Bertz CT molecular complexity index is 679. The van der Waals surface area contributed by atoms with Gasteiger partial charge in [0.05, 0.1) is 18.1 Å². The van der Waals surface area contributed by atoms with Gasteiger partial charge in [0.2, 0.25) is 0 Å². The van der Waals surface area contributed by atoms with Crippen LogP contribution in [0.3, 0.4) is 0 Å². The lowest BCUT2D eigenvalue weighted by Gasteiger charge is -2.08. The number of rotatable bonds is 6. The van der Waals surface area contributed by atoms with Crippen LogP contribution in [0.25, 0.3) is 0 Å². The van der Waals surface area contributed by atoms with Crippen molar-refractivity contribution in [3.05, 3.63) is 36.3 Å². The van der Waals surface area contributed by atoms with Gasteiger partial charge in [-0.15, -0.1) is 0 Å². The van der Waals surface area contributed by atoms with Crippen LogP contribution in [0.15, 0.2) is 35.7 Å². The summed E-state index contributed by atoms with van der Waals surface area (Å²) in [5.41, 5.74) is 1.05. The number of nitrogens with one attached hydrogen (secondary N) is 3. The molecule has 0 aliphatic heterocycles. The topological polar surface area (TPSA) is 99.8 Å². The Labute approximate surface area is 116 Å². The zero-order valence-electron chi connectivity index (χ0n) is 10.7. The van der Waals surface area contributed by atoms with Crippen LogP contribution < -0.4 is 10.0 Å². The average molecular weight is 293 g/mol. The molecule has 1 fully saturated rings. The van der Waals surface area contributed by atoms with E-state index in [-0.39, 0.29) is 5.03 Å². The van der Waals surface area contributed by atoms with E-state index in [2.05, 4.69) is 25.2 Å². The van der Waals surface area contributed by atoms with E-state index in [4.69, 9.17) is 0 Å². The van der Waals surface area contributed by atoms with Crippen LogP contribution >= 0.6 is 0 Å².